The van der Waals surface area contributed by atoms with Crippen LogP contribution in [0.2, 0.25) is 0 Å². The predicted octanol–water partition coefficient (Wildman–Crippen LogP) is 2.92. The normalized spacial score (nSPS) is 17.2. The molecule has 2 rings (SSSR count). The summed E-state index contributed by atoms with van der Waals surface area (Å²) in [4.78, 5) is 0. The number of anilines is 1. The lowest BCUT2D eigenvalue weighted by Crippen LogP contribution is -2.35. The minimum atomic E-state index is -0.0476. The molecule has 0 spiro atoms. The summed E-state index contributed by atoms with van der Waals surface area (Å²) in [6.07, 6.45) is 5.69. The van der Waals surface area contributed by atoms with Gasteiger partial charge < -0.3 is 15.2 Å². The lowest BCUT2D eigenvalue weighted by atomic mass is 9.74. The lowest BCUT2D eigenvalue weighted by molar-refractivity contribution is 0.0944. The Morgan fingerprint density at radius 3 is 2.70 bits per heavy atom. The molecular weight excluding hydrogens is 252 g/mol. The van der Waals surface area contributed by atoms with Crippen LogP contribution in [0.5, 0.6) is 5.75 Å². The van der Waals surface area contributed by atoms with E-state index in [1.807, 2.05) is 6.07 Å². The van der Waals surface area contributed by atoms with E-state index in [9.17, 15) is 5.11 Å². The molecule has 1 aromatic carbocycles. The van der Waals surface area contributed by atoms with Crippen molar-refractivity contribution in [3.8, 4) is 11.8 Å². The first-order chi connectivity index (χ1) is 9.73. The van der Waals surface area contributed by atoms with Gasteiger partial charge in [0.05, 0.1) is 25.0 Å². The maximum absolute atomic E-state index is 9.72. The van der Waals surface area contributed by atoms with Crippen molar-refractivity contribution in [3.63, 3.8) is 0 Å². The van der Waals surface area contributed by atoms with Gasteiger partial charge in [-0.25, -0.2) is 0 Å². The summed E-state index contributed by atoms with van der Waals surface area (Å²) in [5.74, 6) is 0.730. The smallest absolute Gasteiger partial charge is 0.121 e. The quantitative estimate of drug-likeness (QED) is 0.866. The number of hydrogen-bond donors (Lipinski definition) is 2. The van der Waals surface area contributed by atoms with E-state index in [4.69, 9.17) is 10.00 Å². The van der Waals surface area contributed by atoms with E-state index in [-0.39, 0.29) is 12.0 Å². The molecule has 4 nitrogen and oxygen atoms in total. The third kappa shape index (κ3) is 3.23. The summed E-state index contributed by atoms with van der Waals surface area (Å²) in [7, 11) is 1.61. The van der Waals surface area contributed by atoms with Gasteiger partial charge >= 0.3 is 0 Å². The summed E-state index contributed by atoms with van der Waals surface area (Å²) < 4.78 is 5.20. The molecule has 0 saturated heterocycles. The van der Waals surface area contributed by atoms with Gasteiger partial charge in [-0.05, 0) is 25.0 Å². The van der Waals surface area contributed by atoms with Crippen LogP contribution in [0.25, 0.3) is 0 Å². The van der Waals surface area contributed by atoms with Crippen LogP contribution in [0.4, 0.5) is 5.69 Å². The third-order valence-corrected chi connectivity index (χ3v) is 4.25. The Morgan fingerprint density at radius 2 is 2.10 bits per heavy atom. The molecule has 0 bridgehead atoms. The average molecular weight is 274 g/mol. The number of nitriles is 1. The van der Waals surface area contributed by atoms with Crippen molar-refractivity contribution in [3.05, 3.63) is 23.8 Å². The second-order valence-electron chi connectivity index (χ2n) is 5.60. The molecule has 0 heterocycles. The molecule has 2 N–H and O–H groups in total. The van der Waals surface area contributed by atoms with Crippen molar-refractivity contribution in [2.45, 2.75) is 32.1 Å². The van der Waals surface area contributed by atoms with Gasteiger partial charge in [0.1, 0.15) is 11.8 Å². The van der Waals surface area contributed by atoms with Gasteiger partial charge in [-0.15, -0.1) is 0 Å². The standard InChI is InChI=1S/C16H22N2O2/c1-20-14-6-5-13(10-17)15(9-14)18-11-16(12-19)7-3-2-4-8-16/h5-6,9,18-19H,2-4,7-8,11-12H2,1H3. The Morgan fingerprint density at radius 1 is 1.35 bits per heavy atom. The Bertz CT molecular complexity index is 488. The van der Waals surface area contributed by atoms with E-state index in [0.29, 0.717) is 12.1 Å². The van der Waals surface area contributed by atoms with E-state index in [1.165, 1.54) is 19.3 Å². The molecule has 108 valence electrons. The molecular formula is C16H22N2O2. The molecule has 1 aliphatic carbocycles. The highest BCUT2D eigenvalue weighted by Gasteiger charge is 2.31. The number of nitrogens with one attached hydrogen (secondary N) is 1. The second kappa shape index (κ2) is 6.62. The molecule has 1 aliphatic rings. The minimum Gasteiger partial charge on any atom is -0.497 e. The third-order valence-electron chi connectivity index (χ3n) is 4.25. The minimum absolute atomic E-state index is 0.0476. The monoisotopic (exact) mass is 274 g/mol. The fraction of sp³-hybridized carbons (Fsp3) is 0.562. The molecule has 0 aromatic heterocycles. The largest absolute Gasteiger partial charge is 0.497 e. The lowest BCUT2D eigenvalue weighted by Gasteiger charge is -2.36. The maximum Gasteiger partial charge on any atom is 0.121 e. The Hall–Kier alpha value is -1.73. The molecule has 0 atom stereocenters. The summed E-state index contributed by atoms with van der Waals surface area (Å²) in [5, 5.41) is 22.2. The molecule has 0 amide bonds. The highest BCUT2D eigenvalue weighted by atomic mass is 16.5. The fourth-order valence-corrected chi connectivity index (χ4v) is 2.87. The van der Waals surface area contributed by atoms with Gasteiger partial charge in [-0.1, -0.05) is 19.3 Å². The highest BCUT2D eigenvalue weighted by Crippen LogP contribution is 2.36. The van der Waals surface area contributed by atoms with E-state index < -0.39 is 0 Å². The van der Waals surface area contributed by atoms with Crippen LogP contribution < -0.4 is 10.1 Å². The average Bonchev–Trinajstić information content (AvgIpc) is 2.53. The van der Waals surface area contributed by atoms with E-state index in [0.717, 1.165) is 24.3 Å². The van der Waals surface area contributed by atoms with Gasteiger partial charge in [0, 0.05) is 18.0 Å². The molecule has 20 heavy (non-hydrogen) atoms. The van der Waals surface area contributed by atoms with Crippen molar-refractivity contribution in [2.24, 2.45) is 5.41 Å². The molecule has 0 radical (unpaired) electrons. The number of nitrogens with zero attached hydrogens (tertiary/aromatic N) is 1. The van der Waals surface area contributed by atoms with Crippen LogP contribution in [0.3, 0.4) is 0 Å². The van der Waals surface area contributed by atoms with Crippen LogP contribution in [0.15, 0.2) is 18.2 Å². The number of aliphatic hydroxyl groups excluding tert-OH is 1. The topological polar surface area (TPSA) is 65.3 Å². The maximum atomic E-state index is 9.72. The van der Waals surface area contributed by atoms with Crippen LogP contribution in [-0.4, -0.2) is 25.4 Å². The summed E-state index contributed by atoms with van der Waals surface area (Å²) in [5.41, 5.74) is 1.34. The molecule has 1 saturated carbocycles. The second-order valence-corrected chi connectivity index (χ2v) is 5.60. The van der Waals surface area contributed by atoms with Crippen molar-refractivity contribution < 1.29 is 9.84 Å². The summed E-state index contributed by atoms with van der Waals surface area (Å²) >= 11 is 0. The van der Waals surface area contributed by atoms with E-state index in [1.54, 1.807) is 19.2 Å². The van der Waals surface area contributed by atoms with Gasteiger partial charge in [0.15, 0.2) is 0 Å². The van der Waals surface area contributed by atoms with E-state index >= 15 is 0 Å². The van der Waals surface area contributed by atoms with Crippen molar-refractivity contribution in [1.29, 1.82) is 5.26 Å². The van der Waals surface area contributed by atoms with Gasteiger partial charge in [0.2, 0.25) is 0 Å². The molecule has 1 fully saturated rings. The fourth-order valence-electron chi connectivity index (χ4n) is 2.87. The molecule has 0 aliphatic heterocycles. The number of hydrogen-bond acceptors (Lipinski definition) is 4. The van der Waals surface area contributed by atoms with Gasteiger partial charge in [-0.3, -0.25) is 0 Å². The zero-order valence-corrected chi connectivity index (χ0v) is 12.0. The Balaban J connectivity index is 2.11. The summed E-state index contributed by atoms with van der Waals surface area (Å²) in [6.45, 7) is 0.900. The van der Waals surface area contributed by atoms with Crippen LogP contribution in [-0.2, 0) is 0 Å². The van der Waals surface area contributed by atoms with Gasteiger partial charge in [0.25, 0.3) is 0 Å². The number of benzene rings is 1. The summed E-state index contributed by atoms with van der Waals surface area (Å²) in [6, 6.07) is 7.57. The Kier molecular flexibility index (Phi) is 4.86. The Labute approximate surface area is 120 Å². The highest BCUT2D eigenvalue weighted by molar-refractivity contribution is 5.60. The first-order valence-electron chi connectivity index (χ1n) is 7.16. The zero-order chi connectivity index (χ0) is 14.4. The van der Waals surface area contributed by atoms with Crippen molar-refractivity contribution >= 4 is 5.69 Å². The zero-order valence-electron chi connectivity index (χ0n) is 12.0. The first kappa shape index (κ1) is 14.7. The number of methoxy groups -OCH3 is 1. The van der Waals surface area contributed by atoms with Crippen LogP contribution in [0, 0.1) is 16.7 Å². The molecule has 4 heteroatoms. The van der Waals surface area contributed by atoms with Crippen LogP contribution >= 0.6 is 0 Å². The predicted molar refractivity (Wildman–Crippen MR) is 78.8 cm³/mol. The van der Waals surface area contributed by atoms with Crippen LogP contribution in [0.1, 0.15) is 37.7 Å². The van der Waals surface area contributed by atoms with Crippen molar-refractivity contribution in [1.82, 2.24) is 0 Å². The first-order valence-corrected chi connectivity index (χ1v) is 7.16. The number of rotatable bonds is 5. The van der Waals surface area contributed by atoms with Gasteiger partial charge in [-0.2, -0.15) is 5.26 Å². The van der Waals surface area contributed by atoms with Crippen molar-refractivity contribution in [2.75, 3.05) is 25.6 Å². The molecule has 1 aromatic rings. The number of aliphatic hydroxyl groups is 1. The van der Waals surface area contributed by atoms with E-state index in [2.05, 4.69) is 11.4 Å². The number of ether oxygens (including phenoxy) is 1. The SMILES string of the molecule is COc1ccc(C#N)c(NCC2(CO)CCCCC2)c1. The molecule has 0 unspecified atom stereocenters.